The molecule has 1 fully saturated rings. The van der Waals surface area contributed by atoms with Gasteiger partial charge in [0.05, 0.1) is 18.5 Å². The highest BCUT2D eigenvalue weighted by molar-refractivity contribution is 7.18. The van der Waals surface area contributed by atoms with Crippen LogP contribution >= 0.6 is 36.2 Å². The molecule has 156 valence electrons. The number of aromatic amines is 1. The van der Waals surface area contributed by atoms with Crippen LogP contribution in [-0.2, 0) is 24.2 Å². The number of carbonyl (C=O) groups excluding carboxylic acids is 1. The summed E-state index contributed by atoms with van der Waals surface area (Å²) < 4.78 is 0. The average molecular weight is 448 g/mol. The molecule has 1 saturated heterocycles. The topological polar surface area (TPSA) is 81.3 Å². The summed E-state index contributed by atoms with van der Waals surface area (Å²) in [4.78, 5) is 38.7. The van der Waals surface area contributed by atoms with E-state index < -0.39 is 0 Å². The van der Waals surface area contributed by atoms with Crippen molar-refractivity contribution in [1.82, 2.24) is 25.1 Å². The molecule has 3 heterocycles. The van der Waals surface area contributed by atoms with Gasteiger partial charge in [0, 0.05) is 31.1 Å². The zero-order chi connectivity index (χ0) is 18.1. The number of hydrogen-bond donors (Lipinski definition) is 2. The Morgan fingerprint density at radius 3 is 2.61 bits per heavy atom. The molecule has 0 aromatic carbocycles. The number of thiophene rings is 1. The van der Waals surface area contributed by atoms with Gasteiger partial charge < -0.3 is 15.2 Å². The predicted octanol–water partition coefficient (Wildman–Crippen LogP) is 1.57. The Balaban J connectivity index is 0.00000140. The number of carbonyl (C=O) groups is 1. The van der Waals surface area contributed by atoms with Crippen molar-refractivity contribution in [1.29, 1.82) is 0 Å². The van der Waals surface area contributed by atoms with Gasteiger partial charge in [-0.15, -0.1) is 36.2 Å². The van der Waals surface area contributed by atoms with Crippen LogP contribution in [0, 0.1) is 0 Å². The Morgan fingerprint density at radius 2 is 1.89 bits per heavy atom. The number of hydrogen-bond acceptors (Lipinski definition) is 6. The van der Waals surface area contributed by atoms with Crippen LogP contribution in [0.15, 0.2) is 4.79 Å². The first kappa shape index (κ1) is 23.1. The molecule has 0 atom stereocenters. The van der Waals surface area contributed by atoms with Crippen LogP contribution in [0.5, 0.6) is 0 Å². The number of likely N-dealkylation sites (N-methyl/N-ethyl adjacent to an activating group) is 1. The van der Waals surface area contributed by atoms with E-state index in [0.29, 0.717) is 13.1 Å². The fourth-order valence-corrected chi connectivity index (χ4v) is 5.19. The van der Waals surface area contributed by atoms with Crippen molar-refractivity contribution in [3.05, 3.63) is 26.6 Å². The fraction of sp³-hybridized carbons (Fsp3) is 0.611. The number of fused-ring (bicyclic) bond motifs is 3. The van der Waals surface area contributed by atoms with E-state index in [4.69, 9.17) is 4.98 Å². The minimum Gasteiger partial charge on any atom is -0.339 e. The van der Waals surface area contributed by atoms with Gasteiger partial charge in [-0.05, 0) is 38.3 Å². The monoisotopic (exact) mass is 447 g/mol. The van der Waals surface area contributed by atoms with Crippen molar-refractivity contribution < 1.29 is 4.79 Å². The number of piperazine rings is 1. The molecule has 4 rings (SSSR count). The van der Waals surface area contributed by atoms with E-state index in [1.807, 2.05) is 4.90 Å². The van der Waals surface area contributed by atoms with Crippen LogP contribution in [0.25, 0.3) is 10.2 Å². The second-order valence-electron chi connectivity index (χ2n) is 7.09. The Kier molecular flexibility index (Phi) is 8.27. The third kappa shape index (κ3) is 4.68. The summed E-state index contributed by atoms with van der Waals surface area (Å²) in [6.07, 6.45) is 4.45. The molecule has 1 aliphatic carbocycles. The van der Waals surface area contributed by atoms with Gasteiger partial charge in [0.2, 0.25) is 5.91 Å². The van der Waals surface area contributed by atoms with Gasteiger partial charge in [-0.1, -0.05) is 0 Å². The molecule has 7 nitrogen and oxygen atoms in total. The minimum atomic E-state index is 0. The van der Waals surface area contributed by atoms with E-state index in [1.54, 1.807) is 18.4 Å². The average Bonchev–Trinajstić information content (AvgIpc) is 3.01. The van der Waals surface area contributed by atoms with Crippen LogP contribution in [-0.4, -0.2) is 65.4 Å². The normalized spacial score (nSPS) is 17.0. The van der Waals surface area contributed by atoms with Gasteiger partial charge in [-0.25, -0.2) is 4.98 Å². The van der Waals surface area contributed by atoms with E-state index in [1.165, 1.54) is 16.9 Å². The highest BCUT2D eigenvalue weighted by Gasteiger charge is 2.23. The third-order valence-electron chi connectivity index (χ3n) is 5.30. The number of rotatable bonds is 4. The molecule has 2 aliphatic rings. The largest absolute Gasteiger partial charge is 0.339 e. The fourth-order valence-electron chi connectivity index (χ4n) is 3.91. The quantitative estimate of drug-likeness (QED) is 0.743. The van der Waals surface area contributed by atoms with Gasteiger partial charge in [-0.2, -0.15) is 0 Å². The SMILES string of the molecule is CNCC(=O)N1CCN(Cc2nc3sc4c(c3c(=O)[nH]2)CCCC4)CC1.Cl.Cl. The molecule has 0 saturated carbocycles. The maximum absolute atomic E-state index is 12.6. The summed E-state index contributed by atoms with van der Waals surface area (Å²) in [6.45, 7) is 4.06. The zero-order valence-electron chi connectivity index (χ0n) is 16.0. The van der Waals surface area contributed by atoms with Crippen molar-refractivity contribution in [2.75, 3.05) is 39.8 Å². The number of halogens is 2. The van der Waals surface area contributed by atoms with Crippen LogP contribution < -0.4 is 10.9 Å². The molecular formula is C18H27Cl2N5O2S. The van der Waals surface area contributed by atoms with Gasteiger partial charge >= 0.3 is 0 Å². The Bertz CT molecular complexity index is 877. The van der Waals surface area contributed by atoms with Crippen LogP contribution in [0.3, 0.4) is 0 Å². The molecule has 0 unspecified atom stereocenters. The van der Waals surface area contributed by atoms with E-state index in [9.17, 15) is 9.59 Å². The number of nitrogens with zero attached hydrogens (tertiary/aromatic N) is 3. The lowest BCUT2D eigenvalue weighted by Crippen LogP contribution is -2.50. The molecule has 10 heteroatoms. The van der Waals surface area contributed by atoms with E-state index in [-0.39, 0.29) is 36.3 Å². The highest BCUT2D eigenvalue weighted by atomic mass is 35.5. The number of amides is 1. The molecule has 1 aliphatic heterocycles. The molecule has 2 aromatic heterocycles. The number of H-pyrrole nitrogens is 1. The van der Waals surface area contributed by atoms with Crippen molar-refractivity contribution in [2.24, 2.45) is 0 Å². The Hall–Kier alpha value is -1.19. The van der Waals surface area contributed by atoms with Gasteiger partial charge in [0.1, 0.15) is 10.7 Å². The predicted molar refractivity (Wildman–Crippen MR) is 117 cm³/mol. The second-order valence-corrected chi connectivity index (χ2v) is 8.17. The maximum atomic E-state index is 12.6. The third-order valence-corrected chi connectivity index (χ3v) is 6.49. The Labute approximate surface area is 180 Å². The molecule has 0 bridgehead atoms. The molecule has 2 N–H and O–H groups in total. The number of aryl methyl sites for hydroxylation is 2. The van der Waals surface area contributed by atoms with E-state index in [0.717, 1.165) is 61.5 Å². The highest BCUT2D eigenvalue weighted by Crippen LogP contribution is 2.33. The first-order valence-corrected chi connectivity index (χ1v) is 10.2. The van der Waals surface area contributed by atoms with Crippen molar-refractivity contribution in [3.63, 3.8) is 0 Å². The van der Waals surface area contributed by atoms with E-state index in [2.05, 4.69) is 15.2 Å². The van der Waals surface area contributed by atoms with Gasteiger partial charge in [0.15, 0.2) is 0 Å². The second kappa shape index (κ2) is 10.0. The van der Waals surface area contributed by atoms with E-state index >= 15 is 0 Å². The van der Waals surface area contributed by atoms with Gasteiger partial charge in [-0.3, -0.25) is 14.5 Å². The molecular weight excluding hydrogens is 421 g/mol. The molecule has 28 heavy (non-hydrogen) atoms. The van der Waals surface area contributed by atoms with Crippen molar-refractivity contribution >= 4 is 52.3 Å². The Morgan fingerprint density at radius 1 is 1.18 bits per heavy atom. The van der Waals surface area contributed by atoms with Crippen LogP contribution in [0.4, 0.5) is 0 Å². The molecule has 0 radical (unpaired) electrons. The van der Waals surface area contributed by atoms with Crippen LogP contribution in [0.1, 0.15) is 29.1 Å². The summed E-state index contributed by atoms with van der Waals surface area (Å²) in [5.74, 6) is 0.875. The van der Waals surface area contributed by atoms with Crippen molar-refractivity contribution in [3.8, 4) is 0 Å². The number of nitrogens with one attached hydrogen (secondary N) is 2. The lowest BCUT2D eigenvalue weighted by molar-refractivity contribution is -0.131. The smallest absolute Gasteiger partial charge is 0.259 e. The van der Waals surface area contributed by atoms with Crippen LogP contribution in [0.2, 0.25) is 0 Å². The standard InChI is InChI=1S/C18H25N5O2S.2ClH/c1-19-10-15(24)23-8-6-22(7-9-23)11-14-20-17(25)16-12-4-2-3-5-13(12)26-18(16)21-14;;/h19H,2-11H2,1H3,(H,20,21,25);2*1H. The summed E-state index contributed by atoms with van der Waals surface area (Å²) in [6, 6.07) is 0. The number of aromatic nitrogens is 2. The lowest BCUT2D eigenvalue weighted by Gasteiger charge is -2.34. The van der Waals surface area contributed by atoms with Gasteiger partial charge in [0.25, 0.3) is 5.56 Å². The summed E-state index contributed by atoms with van der Waals surface area (Å²) >= 11 is 1.69. The maximum Gasteiger partial charge on any atom is 0.259 e. The zero-order valence-corrected chi connectivity index (χ0v) is 18.4. The lowest BCUT2D eigenvalue weighted by atomic mass is 9.97. The summed E-state index contributed by atoms with van der Waals surface area (Å²) in [5, 5.41) is 3.72. The molecule has 1 amide bonds. The first-order valence-electron chi connectivity index (χ1n) is 9.34. The first-order chi connectivity index (χ1) is 12.7. The molecule has 0 spiro atoms. The van der Waals surface area contributed by atoms with Crippen molar-refractivity contribution in [2.45, 2.75) is 32.2 Å². The summed E-state index contributed by atoms with van der Waals surface area (Å²) in [5.41, 5.74) is 1.24. The summed E-state index contributed by atoms with van der Waals surface area (Å²) in [7, 11) is 1.79. The molecule has 2 aromatic rings. The minimum absolute atomic E-state index is 0.